The number of nitrogens with one attached hydrogen (secondary N) is 1. The van der Waals surface area contributed by atoms with E-state index in [1.165, 1.54) is 6.07 Å². The monoisotopic (exact) mass is 408 g/mol. The van der Waals surface area contributed by atoms with Gasteiger partial charge in [-0.3, -0.25) is 4.79 Å². The van der Waals surface area contributed by atoms with Gasteiger partial charge in [0, 0.05) is 16.4 Å². The second kappa shape index (κ2) is 7.18. The van der Waals surface area contributed by atoms with Crippen LogP contribution in [0.5, 0.6) is 5.88 Å². The van der Waals surface area contributed by atoms with E-state index >= 15 is 0 Å². The Bertz CT molecular complexity index is 708. The standard InChI is InChI=1S/C14H9BrClF3N2O2/c15-9-1-3-10(4-2-9)21-12(22)8-5-11(16)13(20-6-8)23-7-14(17,18)19/h1-6H,7H2,(H,21,22). The molecule has 0 aliphatic heterocycles. The number of rotatable bonds is 4. The van der Waals surface area contributed by atoms with Crippen molar-refractivity contribution in [2.24, 2.45) is 0 Å². The van der Waals surface area contributed by atoms with Gasteiger partial charge in [0.2, 0.25) is 5.88 Å². The molecule has 1 N–H and O–H groups in total. The van der Waals surface area contributed by atoms with E-state index in [-0.39, 0.29) is 16.5 Å². The van der Waals surface area contributed by atoms with Gasteiger partial charge in [-0.05, 0) is 30.3 Å². The Morgan fingerprint density at radius 1 is 1.30 bits per heavy atom. The molecule has 0 atom stereocenters. The number of benzene rings is 1. The first-order valence-electron chi connectivity index (χ1n) is 6.16. The molecule has 23 heavy (non-hydrogen) atoms. The van der Waals surface area contributed by atoms with Crippen molar-refractivity contribution in [3.8, 4) is 5.88 Å². The van der Waals surface area contributed by atoms with Crippen LogP contribution >= 0.6 is 27.5 Å². The highest BCUT2D eigenvalue weighted by molar-refractivity contribution is 9.10. The van der Waals surface area contributed by atoms with Crippen molar-refractivity contribution < 1.29 is 22.7 Å². The van der Waals surface area contributed by atoms with Crippen LogP contribution in [-0.2, 0) is 0 Å². The molecule has 1 amide bonds. The molecule has 2 rings (SSSR count). The van der Waals surface area contributed by atoms with E-state index in [0.717, 1.165) is 10.7 Å². The fourth-order valence-electron chi connectivity index (χ4n) is 1.54. The Kier molecular flexibility index (Phi) is 5.48. The van der Waals surface area contributed by atoms with E-state index in [4.69, 9.17) is 11.6 Å². The lowest BCUT2D eigenvalue weighted by Gasteiger charge is -2.10. The topological polar surface area (TPSA) is 51.2 Å². The Morgan fingerprint density at radius 2 is 1.96 bits per heavy atom. The van der Waals surface area contributed by atoms with Gasteiger partial charge in [0.25, 0.3) is 5.91 Å². The fourth-order valence-corrected chi connectivity index (χ4v) is 2.03. The summed E-state index contributed by atoms with van der Waals surface area (Å²) in [6.45, 7) is -1.51. The number of carbonyl (C=O) groups excluding carboxylic acids is 1. The summed E-state index contributed by atoms with van der Waals surface area (Å²) in [5.41, 5.74) is 0.643. The summed E-state index contributed by atoms with van der Waals surface area (Å²) in [5, 5.41) is 2.43. The molecule has 1 aromatic heterocycles. The molecule has 0 saturated heterocycles. The minimum atomic E-state index is -4.50. The van der Waals surface area contributed by atoms with Crippen LogP contribution in [0.4, 0.5) is 18.9 Å². The molecule has 0 aliphatic rings. The summed E-state index contributed by atoms with van der Waals surface area (Å²) in [6.07, 6.45) is -3.41. The van der Waals surface area contributed by atoms with Gasteiger partial charge in [0.15, 0.2) is 6.61 Å². The average Bonchev–Trinajstić information content (AvgIpc) is 2.47. The number of halogens is 5. The van der Waals surface area contributed by atoms with Crippen LogP contribution in [0.15, 0.2) is 41.0 Å². The number of ether oxygens (including phenoxy) is 1. The molecule has 0 bridgehead atoms. The van der Waals surface area contributed by atoms with Crippen molar-refractivity contribution in [1.82, 2.24) is 4.98 Å². The SMILES string of the molecule is O=C(Nc1ccc(Br)cc1)c1cnc(OCC(F)(F)F)c(Cl)c1. The average molecular weight is 410 g/mol. The van der Waals surface area contributed by atoms with Crippen molar-refractivity contribution in [3.63, 3.8) is 0 Å². The third kappa shape index (κ3) is 5.40. The molecule has 0 radical (unpaired) electrons. The first-order chi connectivity index (χ1) is 10.7. The predicted octanol–water partition coefficient (Wildman–Crippen LogP) is 4.69. The molecule has 2 aromatic rings. The lowest BCUT2D eigenvalue weighted by Crippen LogP contribution is -2.20. The van der Waals surface area contributed by atoms with Crippen LogP contribution < -0.4 is 10.1 Å². The maximum Gasteiger partial charge on any atom is 0.422 e. The van der Waals surface area contributed by atoms with Crippen molar-refractivity contribution in [1.29, 1.82) is 0 Å². The summed E-state index contributed by atoms with van der Waals surface area (Å²) >= 11 is 9.05. The summed E-state index contributed by atoms with van der Waals surface area (Å²) in [7, 11) is 0. The van der Waals surface area contributed by atoms with Crippen LogP contribution in [0, 0.1) is 0 Å². The third-order valence-electron chi connectivity index (χ3n) is 2.54. The molecular formula is C14H9BrClF3N2O2. The zero-order chi connectivity index (χ0) is 17.0. The van der Waals surface area contributed by atoms with Crippen molar-refractivity contribution in [2.75, 3.05) is 11.9 Å². The van der Waals surface area contributed by atoms with Gasteiger partial charge in [-0.15, -0.1) is 0 Å². The van der Waals surface area contributed by atoms with E-state index in [0.29, 0.717) is 5.69 Å². The number of hydrogen-bond acceptors (Lipinski definition) is 3. The molecule has 122 valence electrons. The molecule has 4 nitrogen and oxygen atoms in total. The molecule has 0 saturated carbocycles. The predicted molar refractivity (Wildman–Crippen MR) is 82.9 cm³/mol. The quantitative estimate of drug-likeness (QED) is 0.797. The largest absolute Gasteiger partial charge is 0.467 e. The number of pyridine rings is 1. The Hall–Kier alpha value is -1.80. The maximum absolute atomic E-state index is 12.1. The smallest absolute Gasteiger partial charge is 0.422 e. The van der Waals surface area contributed by atoms with E-state index in [1.54, 1.807) is 24.3 Å². The van der Waals surface area contributed by atoms with E-state index in [2.05, 4.69) is 31.0 Å². The normalized spacial score (nSPS) is 11.2. The second-order valence-electron chi connectivity index (χ2n) is 4.38. The van der Waals surface area contributed by atoms with Gasteiger partial charge in [-0.25, -0.2) is 4.98 Å². The number of aromatic nitrogens is 1. The third-order valence-corrected chi connectivity index (χ3v) is 3.34. The highest BCUT2D eigenvalue weighted by atomic mass is 79.9. The lowest BCUT2D eigenvalue weighted by molar-refractivity contribution is -0.154. The van der Waals surface area contributed by atoms with E-state index < -0.39 is 18.7 Å². The molecule has 0 fully saturated rings. The summed E-state index contributed by atoms with van der Waals surface area (Å²) in [5.74, 6) is -0.881. The Balaban J connectivity index is 2.07. The second-order valence-corrected chi connectivity index (χ2v) is 5.70. The first kappa shape index (κ1) is 17.6. The number of amides is 1. The van der Waals surface area contributed by atoms with Crippen molar-refractivity contribution in [3.05, 3.63) is 51.6 Å². The van der Waals surface area contributed by atoms with E-state index in [9.17, 15) is 18.0 Å². The van der Waals surface area contributed by atoms with E-state index in [1.807, 2.05) is 0 Å². The molecule has 0 aliphatic carbocycles. The highest BCUT2D eigenvalue weighted by Crippen LogP contribution is 2.25. The molecule has 1 heterocycles. The fraction of sp³-hybridized carbons (Fsp3) is 0.143. The van der Waals surface area contributed by atoms with Gasteiger partial charge >= 0.3 is 6.18 Å². The number of anilines is 1. The van der Waals surface area contributed by atoms with Crippen LogP contribution in [-0.4, -0.2) is 23.7 Å². The Labute approximate surface area is 142 Å². The number of carbonyl (C=O) groups is 1. The summed E-state index contributed by atoms with van der Waals surface area (Å²) < 4.78 is 41.6. The zero-order valence-electron chi connectivity index (χ0n) is 11.3. The molecular weight excluding hydrogens is 401 g/mol. The minimum Gasteiger partial charge on any atom is -0.467 e. The Morgan fingerprint density at radius 3 is 2.52 bits per heavy atom. The van der Waals surface area contributed by atoms with Gasteiger partial charge in [-0.1, -0.05) is 27.5 Å². The molecule has 1 aromatic carbocycles. The number of alkyl halides is 3. The van der Waals surface area contributed by atoms with Crippen LogP contribution in [0.2, 0.25) is 5.02 Å². The van der Waals surface area contributed by atoms with Crippen LogP contribution in [0.25, 0.3) is 0 Å². The number of nitrogens with zero attached hydrogens (tertiary/aromatic N) is 1. The number of hydrogen-bond donors (Lipinski definition) is 1. The maximum atomic E-state index is 12.1. The minimum absolute atomic E-state index is 0.0947. The molecule has 9 heteroatoms. The zero-order valence-corrected chi connectivity index (χ0v) is 13.7. The molecule has 0 unspecified atom stereocenters. The van der Waals surface area contributed by atoms with Crippen molar-refractivity contribution >= 4 is 39.1 Å². The summed E-state index contributed by atoms with van der Waals surface area (Å²) in [6, 6.07) is 8.04. The highest BCUT2D eigenvalue weighted by Gasteiger charge is 2.29. The van der Waals surface area contributed by atoms with Gasteiger partial charge < -0.3 is 10.1 Å². The van der Waals surface area contributed by atoms with Crippen LogP contribution in [0.1, 0.15) is 10.4 Å². The van der Waals surface area contributed by atoms with Crippen molar-refractivity contribution in [2.45, 2.75) is 6.18 Å². The van der Waals surface area contributed by atoms with Gasteiger partial charge in [0.05, 0.1) is 5.56 Å². The van der Waals surface area contributed by atoms with Crippen LogP contribution in [0.3, 0.4) is 0 Å². The van der Waals surface area contributed by atoms with Gasteiger partial charge in [-0.2, -0.15) is 13.2 Å². The molecule has 0 spiro atoms. The summed E-state index contributed by atoms with van der Waals surface area (Å²) in [4.78, 5) is 15.7. The van der Waals surface area contributed by atoms with Gasteiger partial charge in [0.1, 0.15) is 5.02 Å². The first-order valence-corrected chi connectivity index (χ1v) is 7.34. The lowest BCUT2D eigenvalue weighted by atomic mass is 10.2.